The normalized spacial score (nSPS) is 14.9. The molecule has 3 aromatic carbocycles. The Morgan fingerprint density at radius 3 is 2.72 bits per heavy atom. The van der Waals surface area contributed by atoms with Crippen LogP contribution in [-0.2, 0) is 9.59 Å². The molecule has 0 spiro atoms. The minimum absolute atomic E-state index is 0.0668. The highest BCUT2D eigenvalue weighted by atomic mass is 79.9. The molecule has 2 N–H and O–H groups in total. The van der Waals surface area contributed by atoms with Crippen LogP contribution < -0.4 is 10.1 Å². The van der Waals surface area contributed by atoms with E-state index in [1.165, 1.54) is 13.2 Å². The molecule has 1 aliphatic heterocycles. The van der Waals surface area contributed by atoms with Crippen molar-refractivity contribution in [2.75, 3.05) is 19.0 Å². The minimum Gasteiger partial charge on any atom is -0.503 e. The van der Waals surface area contributed by atoms with Crippen molar-refractivity contribution in [3.05, 3.63) is 69.5 Å². The molecule has 0 radical (unpaired) electrons. The number of nitrogens with zero attached hydrogens (tertiary/aromatic N) is 1. The van der Waals surface area contributed by atoms with Gasteiger partial charge < -0.3 is 15.2 Å². The van der Waals surface area contributed by atoms with E-state index in [9.17, 15) is 19.5 Å². The largest absolute Gasteiger partial charge is 0.503 e. The molecular formula is C23H17BrN2O5S. The summed E-state index contributed by atoms with van der Waals surface area (Å²) in [4.78, 5) is 38.9. The zero-order valence-electron chi connectivity index (χ0n) is 16.8. The van der Waals surface area contributed by atoms with Gasteiger partial charge in [0.25, 0.3) is 11.1 Å². The fourth-order valence-electron chi connectivity index (χ4n) is 3.29. The highest BCUT2D eigenvalue weighted by molar-refractivity contribution is 9.10. The van der Waals surface area contributed by atoms with E-state index in [-0.39, 0.29) is 16.4 Å². The van der Waals surface area contributed by atoms with Crippen LogP contribution in [0.25, 0.3) is 16.8 Å². The molecule has 1 fully saturated rings. The lowest BCUT2D eigenvalue weighted by Gasteiger charge is -2.13. The van der Waals surface area contributed by atoms with Crippen molar-refractivity contribution in [3.63, 3.8) is 0 Å². The molecule has 4 rings (SSSR count). The number of carbonyl (C=O) groups excluding carboxylic acids is 3. The van der Waals surface area contributed by atoms with E-state index in [1.807, 2.05) is 36.4 Å². The van der Waals surface area contributed by atoms with Crippen LogP contribution in [0.1, 0.15) is 5.56 Å². The number of benzene rings is 3. The van der Waals surface area contributed by atoms with E-state index in [2.05, 4.69) is 21.2 Å². The minimum atomic E-state index is -0.559. The molecular weight excluding hydrogens is 496 g/mol. The van der Waals surface area contributed by atoms with E-state index >= 15 is 0 Å². The first-order valence-electron chi connectivity index (χ1n) is 9.47. The molecule has 0 bridgehead atoms. The van der Waals surface area contributed by atoms with Gasteiger partial charge in [-0.1, -0.05) is 36.4 Å². The third-order valence-corrected chi connectivity index (χ3v) is 6.32. The number of phenols is 1. The van der Waals surface area contributed by atoms with Gasteiger partial charge in [-0.05, 0) is 62.9 Å². The number of aromatic hydroxyl groups is 1. The summed E-state index contributed by atoms with van der Waals surface area (Å²) in [5.41, 5.74) is 1.16. The first kappa shape index (κ1) is 21.9. The molecule has 1 saturated heterocycles. The highest BCUT2D eigenvalue weighted by Gasteiger charge is 2.36. The Bertz CT molecular complexity index is 1290. The Kier molecular flexibility index (Phi) is 6.20. The Hall–Kier alpha value is -3.30. The van der Waals surface area contributed by atoms with E-state index in [0.717, 1.165) is 27.4 Å². The standard InChI is InChI=1S/C23H17BrN2O5S/c1-31-18-10-13(9-16(24)21(18)28)11-19-22(29)26(23(30)32-19)12-20(27)25-17-8-4-6-14-5-2-3-7-15(14)17/h2-11,28H,12H2,1H3,(H,25,27)/b19-11+. The number of halogens is 1. The van der Waals surface area contributed by atoms with Crippen molar-refractivity contribution >= 4 is 67.3 Å². The van der Waals surface area contributed by atoms with Gasteiger partial charge >= 0.3 is 0 Å². The Morgan fingerprint density at radius 2 is 1.94 bits per heavy atom. The van der Waals surface area contributed by atoms with E-state index < -0.39 is 23.6 Å². The third kappa shape index (κ3) is 4.35. The summed E-state index contributed by atoms with van der Waals surface area (Å²) < 4.78 is 5.49. The van der Waals surface area contributed by atoms with Crippen molar-refractivity contribution in [3.8, 4) is 11.5 Å². The van der Waals surface area contributed by atoms with Gasteiger partial charge in [0.15, 0.2) is 11.5 Å². The Morgan fingerprint density at radius 1 is 1.19 bits per heavy atom. The molecule has 7 nitrogen and oxygen atoms in total. The number of rotatable bonds is 5. The molecule has 0 aromatic heterocycles. The zero-order chi connectivity index (χ0) is 22.8. The van der Waals surface area contributed by atoms with Crippen LogP contribution in [-0.4, -0.2) is 40.7 Å². The summed E-state index contributed by atoms with van der Waals surface area (Å²) in [5, 5.41) is 14.0. The van der Waals surface area contributed by atoms with E-state index in [0.29, 0.717) is 15.7 Å². The molecule has 1 aliphatic rings. The average molecular weight is 513 g/mol. The van der Waals surface area contributed by atoms with Crippen LogP contribution in [0.3, 0.4) is 0 Å². The second kappa shape index (κ2) is 9.05. The SMILES string of the molecule is COc1cc(/C=C2/SC(=O)N(CC(=O)Nc3cccc4ccccc34)C2=O)cc(Br)c1O. The quantitative estimate of drug-likeness (QED) is 0.467. The monoisotopic (exact) mass is 512 g/mol. The lowest BCUT2D eigenvalue weighted by atomic mass is 10.1. The van der Waals surface area contributed by atoms with Crippen LogP contribution in [0.5, 0.6) is 11.5 Å². The van der Waals surface area contributed by atoms with Gasteiger partial charge in [0.1, 0.15) is 6.54 Å². The van der Waals surface area contributed by atoms with Crippen molar-refractivity contribution in [2.24, 2.45) is 0 Å². The van der Waals surface area contributed by atoms with Crippen molar-refractivity contribution < 1.29 is 24.2 Å². The number of hydrogen-bond donors (Lipinski definition) is 2. The summed E-state index contributed by atoms with van der Waals surface area (Å²) in [6.07, 6.45) is 1.51. The van der Waals surface area contributed by atoms with Crippen molar-refractivity contribution in [1.29, 1.82) is 0 Å². The molecule has 3 aromatic rings. The average Bonchev–Trinajstić information content (AvgIpc) is 3.03. The highest BCUT2D eigenvalue weighted by Crippen LogP contribution is 2.38. The van der Waals surface area contributed by atoms with Gasteiger partial charge in [-0.15, -0.1) is 0 Å². The molecule has 3 amide bonds. The first-order chi connectivity index (χ1) is 15.4. The summed E-state index contributed by atoms with van der Waals surface area (Å²) in [7, 11) is 1.41. The van der Waals surface area contributed by atoms with Crippen LogP contribution in [0.2, 0.25) is 0 Å². The number of hydrogen-bond acceptors (Lipinski definition) is 6. The van der Waals surface area contributed by atoms with Gasteiger partial charge in [-0.25, -0.2) is 0 Å². The molecule has 0 saturated carbocycles. The fraction of sp³-hybridized carbons (Fsp3) is 0.0870. The number of methoxy groups -OCH3 is 1. The summed E-state index contributed by atoms with van der Waals surface area (Å²) in [5.74, 6) is -0.877. The molecule has 1 heterocycles. The number of fused-ring (bicyclic) bond motifs is 1. The second-order valence-electron chi connectivity index (χ2n) is 6.90. The number of imide groups is 1. The Labute approximate surface area is 196 Å². The predicted octanol–water partition coefficient (Wildman–Crippen LogP) is 4.99. The number of nitrogens with one attached hydrogen (secondary N) is 1. The van der Waals surface area contributed by atoms with Gasteiger partial charge in [0, 0.05) is 11.1 Å². The number of ether oxygens (including phenoxy) is 1. The van der Waals surface area contributed by atoms with Crippen LogP contribution in [0, 0.1) is 0 Å². The number of anilines is 1. The number of carbonyl (C=O) groups is 3. The maximum atomic E-state index is 12.8. The van der Waals surface area contributed by atoms with Gasteiger partial charge in [-0.2, -0.15) is 0 Å². The smallest absolute Gasteiger partial charge is 0.294 e. The van der Waals surface area contributed by atoms with Gasteiger partial charge in [-0.3, -0.25) is 19.3 Å². The topological polar surface area (TPSA) is 95.9 Å². The molecule has 0 unspecified atom stereocenters. The number of phenolic OH excluding ortho intramolecular Hbond substituents is 1. The lowest BCUT2D eigenvalue weighted by molar-refractivity contribution is -0.127. The van der Waals surface area contributed by atoms with Gasteiger partial charge in [0.2, 0.25) is 5.91 Å². The maximum Gasteiger partial charge on any atom is 0.294 e. The summed E-state index contributed by atoms with van der Waals surface area (Å²) in [6, 6.07) is 16.3. The lowest BCUT2D eigenvalue weighted by Crippen LogP contribution is -2.36. The molecule has 0 aliphatic carbocycles. The van der Waals surface area contributed by atoms with Crippen LogP contribution in [0.15, 0.2) is 64.0 Å². The third-order valence-electron chi connectivity index (χ3n) is 4.81. The molecule has 32 heavy (non-hydrogen) atoms. The van der Waals surface area contributed by atoms with Crippen LogP contribution in [0.4, 0.5) is 10.5 Å². The predicted molar refractivity (Wildman–Crippen MR) is 128 cm³/mol. The maximum absolute atomic E-state index is 12.8. The van der Waals surface area contributed by atoms with Crippen LogP contribution >= 0.6 is 27.7 Å². The molecule has 0 atom stereocenters. The first-order valence-corrected chi connectivity index (χ1v) is 11.1. The molecule has 9 heteroatoms. The second-order valence-corrected chi connectivity index (χ2v) is 8.74. The van der Waals surface area contributed by atoms with Crippen molar-refractivity contribution in [1.82, 2.24) is 4.90 Å². The van der Waals surface area contributed by atoms with Crippen molar-refractivity contribution in [2.45, 2.75) is 0 Å². The number of thioether (sulfide) groups is 1. The summed E-state index contributed by atoms with van der Waals surface area (Å²) in [6.45, 7) is -0.395. The number of amides is 3. The summed E-state index contributed by atoms with van der Waals surface area (Å²) >= 11 is 3.98. The fourth-order valence-corrected chi connectivity index (χ4v) is 4.59. The zero-order valence-corrected chi connectivity index (χ0v) is 19.2. The Balaban J connectivity index is 1.51. The van der Waals surface area contributed by atoms with E-state index in [1.54, 1.807) is 18.2 Å². The van der Waals surface area contributed by atoms with E-state index in [4.69, 9.17) is 4.74 Å². The molecule has 162 valence electrons. The van der Waals surface area contributed by atoms with Gasteiger partial charge in [0.05, 0.1) is 16.5 Å².